The molecule has 0 spiro atoms. The van der Waals surface area contributed by atoms with E-state index in [2.05, 4.69) is 5.10 Å². The molecule has 2 rings (SSSR count). The lowest BCUT2D eigenvalue weighted by Gasteiger charge is -2.07. The molecule has 0 aliphatic rings. The normalized spacial score (nSPS) is 10.4. The average molecular weight is 279 g/mol. The van der Waals surface area contributed by atoms with Gasteiger partial charge >= 0.3 is 0 Å². The summed E-state index contributed by atoms with van der Waals surface area (Å²) in [5.41, 5.74) is 6.77. The van der Waals surface area contributed by atoms with Crippen molar-refractivity contribution in [3.05, 3.63) is 40.3 Å². The summed E-state index contributed by atoms with van der Waals surface area (Å²) in [6.45, 7) is 1.96. The van der Waals surface area contributed by atoms with E-state index in [1.54, 1.807) is 6.07 Å². The van der Waals surface area contributed by atoms with Crippen LogP contribution < -0.4 is 5.73 Å². The highest BCUT2D eigenvalue weighted by Crippen LogP contribution is 2.28. The van der Waals surface area contributed by atoms with Crippen molar-refractivity contribution in [2.45, 2.75) is 19.8 Å². The van der Waals surface area contributed by atoms with Crippen LogP contribution in [0.4, 0.5) is 10.2 Å². The van der Waals surface area contributed by atoms with Gasteiger partial charge in [-0.2, -0.15) is 10.4 Å². The highest BCUT2D eigenvalue weighted by molar-refractivity contribution is 6.32. The summed E-state index contributed by atoms with van der Waals surface area (Å²) in [5.74, 6) is -0.424. The third-order valence-corrected chi connectivity index (χ3v) is 3.05. The molecule has 19 heavy (non-hydrogen) atoms. The van der Waals surface area contributed by atoms with Crippen LogP contribution in [0.2, 0.25) is 5.02 Å². The Hall–Kier alpha value is -2.06. The first kappa shape index (κ1) is 13.4. The predicted molar refractivity (Wildman–Crippen MR) is 71.7 cm³/mol. The van der Waals surface area contributed by atoms with Crippen LogP contribution in [0.25, 0.3) is 5.69 Å². The number of hydrogen-bond acceptors (Lipinski definition) is 3. The molecule has 4 nitrogen and oxygen atoms in total. The zero-order chi connectivity index (χ0) is 14.0. The maximum atomic E-state index is 13.9. The number of nitrogen functional groups attached to an aromatic ring is 1. The molecular formula is C13H12ClFN4. The van der Waals surface area contributed by atoms with Crippen LogP contribution in [0.5, 0.6) is 0 Å². The minimum Gasteiger partial charge on any atom is -0.382 e. The molecule has 1 heterocycles. The van der Waals surface area contributed by atoms with Gasteiger partial charge in [0.25, 0.3) is 0 Å². The highest BCUT2D eigenvalue weighted by Gasteiger charge is 2.19. The SMILES string of the molecule is CCCc1nn(-c2c(F)cccc2Cl)c(N)c1C#N. The first-order valence-electron chi connectivity index (χ1n) is 5.82. The van der Waals surface area contributed by atoms with E-state index >= 15 is 0 Å². The number of halogens is 2. The topological polar surface area (TPSA) is 67.6 Å². The Morgan fingerprint density at radius 1 is 1.53 bits per heavy atom. The molecule has 2 N–H and O–H groups in total. The molecule has 0 aliphatic carbocycles. The van der Waals surface area contributed by atoms with Gasteiger partial charge in [0.2, 0.25) is 0 Å². The summed E-state index contributed by atoms with van der Waals surface area (Å²) >= 11 is 5.98. The summed E-state index contributed by atoms with van der Waals surface area (Å²) in [6.07, 6.45) is 1.42. The van der Waals surface area contributed by atoms with Gasteiger partial charge in [0.1, 0.15) is 29.0 Å². The second kappa shape index (κ2) is 5.29. The third-order valence-electron chi connectivity index (χ3n) is 2.74. The standard InChI is InChI=1S/C13H12ClFN4/c1-2-4-11-8(7-16)13(17)19(18-11)12-9(14)5-3-6-10(12)15/h3,5-6H,2,4,17H2,1H3. The molecule has 2 aromatic rings. The second-order valence-electron chi connectivity index (χ2n) is 4.05. The van der Waals surface area contributed by atoms with E-state index in [0.29, 0.717) is 12.1 Å². The van der Waals surface area contributed by atoms with Gasteiger partial charge in [-0.05, 0) is 18.6 Å². The molecule has 0 aliphatic heterocycles. The van der Waals surface area contributed by atoms with Gasteiger partial charge in [-0.3, -0.25) is 0 Å². The Morgan fingerprint density at radius 3 is 2.84 bits per heavy atom. The Bertz CT molecular complexity index is 637. The lowest BCUT2D eigenvalue weighted by atomic mass is 10.2. The van der Waals surface area contributed by atoms with Crippen LogP contribution in [0, 0.1) is 17.1 Å². The largest absolute Gasteiger partial charge is 0.382 e. The van der Waals surface area contributed by atoms with Crippen LogP contribution in [0.15, 0.2) is 18.2 Å². The molecule has 0 saturated heterocycles. The summed E-state index contributed by atoms with van der Waals surface area (Å²) in [6, 6.07) is 6.32. The average Bonchev–Trinajstić information content (AvgIpc) is 2.66. The second-order valence-corrected chi connectivity index (χ2v) is 4.46. The Kier molecular flexibility index (Phi) is 3.72. The van der Waals surface area contributed by atoms with E-state index in [4.69, 9.17) is 22.6 Å². The van der Waals surface area contributed by atoms with E-state index in [9.17, 15) is 4.39 Å². The van der Waals surface area contributed by atoms with Crippen molar-refractivity contribution in [1.29, 1.82) is 5.26 Å². The number of aromatic nitrogens is 2. The minimum absolute atomic E-state index is 0.0699. The van der Waals surface area contributed by atoms with Crippen molar-refractivity contribution >= 4 is 17.4 Å². The van der Waals surface area contributed by atoms with E-state index in [0.717, 1.165) is 6.42 Å². The maximum absolute atomic E-state index is 13.9. The van der Waals surface area contributed by atoms with Gasteiger partial charge in [0.05, 0.1) is 10.7 Å². The molecule has 0 amide bonds. The molecular weight excluding hydrogens is 267 g/mol. The van der Waals surface area contributed by atoms with Crippen molar-refractivity contribution < 1.29 is 4.39 Å². The Morgan fingerprint density at radius 2 is 2.26 bits per heavy atom. The predicted octanol–water partition coefficient (Wildman–Crippen LogP) is 3.07. The molecule has 1 aromatic heterocycles. The van der Waals surface area contributed by atoms with Crippen molar-refractivity contribution in [3.63, 3.8) is 0 Å². The van der Waals surface area contributed by atoms with Gasteiger partial charge in [-0.1, -0.05) is 31.0 Å². The Balaban J connectivity index is 2.67. The van der Waals surface area contributed by atoms with Crippen molar-refractivity contribution in [2.24, 2.45) is 0 Å². The molecule has 6 heteroatoms. The lowest BCUT2D eigenvalue weighted by molar-refractivity contribution is 0.610. The summed E-state index contributed by atoms with van der Waals surface area (Å²) in [7, 11) is 0. The monoisotopic (exact) mass is 278 g/mol. The summed E-state index contributed by atoms with van der Waals surface area (Å²) < 4.78 is 15.1. The number of para-hydroxylation sites is 1. The fourth-order valence-corrected chi connectivity index (χ4v) is 2.12. The Labute approximate surface area is 115 Å². The molecule has 0 radical (unpaired) electrons. The van der Waals surface area contributed by atoms with E-state index < -0.39 is 5.82 Å². The third kappa shape index (κ3) is 2.27. The number of nitrogens with two attached hydrogens (primary N) is 1. The highest BCUT2D eigenvalue weighted by atomic mass is 35.5. The maximum Gasteiger partial charge on any atom is 0.150 e. The molecule has 0 atom stereocenters. The van der Waals surface area contributed by atoms with E-state index in [1.807, 2.05) is 13.0 Å². The van der Waals surface area contributed by atoms with E-state index in [-0.39, 0.29) is 22.1 Å². The molecule has 0 fully saturated rings. The number of benzene rings is 1. The lowest BCUT2D eigenvalue weighted by Crippen LogP contribution is -2.05. The number of hydrogen-bond donors (Lipinski definition) is 1. The molecule has 0 saturated carbocycles. The first-order chi connectivity index (χ1) is 9.10. The fourth-order valence-electron chi connectivity index (χ4n) is 1.87. The van der Waals surface area contributed by atoms with Crippen molar-refractivity contribution in [2.75, 3.05) is 5.73 Å². The zero-order valence-corrected chi connectivity index (χ0v) is 11.1. The van der Waals surface area contributed by atoms with Crippen LogP contribution in [-0.2, 0) is 6.42 Å². The zero-order valence-electron chi connectivity index (χ0n) is 10.3. The minimum atomic E-state index is -0.533. The molecule has 0 unspecified atom stereocenters. The van der Waals surface area contributed by atoms with Crippen LogP contribution in [0.3, 0.4) is 0 Å². The first-order valence-corrected chi connectivity index (χ1v) is 6.19. The van der Waals surface area contributed by atoms with Gasteiger partial charge in [-0.25, -0.2) is 9.07 Å². The number of nitrogens with zero attached hydrogens (tertiary/aromatic N) is 3. The quantitative estimate of drug-likeness (QED) is 0.938. The van der Waals surface area contributed by atoms with Crippen LogP contribution in [-0.4, -0.2) is 9.78 Å². The number of aryl methyl sites for hydroxylation is 1. The number of anilines is 1. The van der Waals surface area contributed by atoms with Crippen LogP contribution in [0.1, 0.15) is 24.6 Å². The van der Waals surface area contributed by atoms with Gasteiger partial charge in [0, 0.05) is 0 Å². The molecule has 98 valence electrons. The van der Waals surface area contributed by atoms with Crippen LogP contribution >= 0.6 is 11.6 Å². The smallest absolute Gasteiger partial charge is 0.150 e. The molecule has 1 aromatic carbocycles. The van der Waals surface area contributed by atoms with Crippen molar-refractivity contribution in [3.8, 4) is 11.8 Å². The summed E-state index contributed by atoms with van der Waals surface area (Å²) in [5, 5.41) is 13.5. The van der Waals surface area contributed by atoms with Gasteiger partial charge in [0.15, 0.2) is 0 Å². The van der Waals surface area contributed by atoms with Crippen molar-refractivity contribution in [1.82, 2.24) is 9.78 Å². The number of nitriles is 1. The fraction of sp³-hybridized carbons (Fsp3) is 0.231. The number of rotatable bonds is 3. The summed E-state index contributed by atoms with van der Waals surface area (Å²) in [4.78, 5) is 0. The van der Waals surface area contributed by atoms with Gasteiger partial charge in [-0.15, -0.1) is 0 Å². The molecule has 0 bridgehead atoms. The van der Waals surface area contributed by atoms with Gasteiger partial charge < -0.3 is 5.73 Å². The van der Waals surface area contributed by atoms with E-state index in [1.165, 1.54) is 16.8 Å².